The van der Waals surface area contributed by atoms with Crippen molar-refractivity contribution in [2.75, 3.05) is 6.79 Å². The molecule has 104 valence electrons. The number of benzene rings is 1. The molecule has 3 unspecified atom stereocenters. The SMILES string of the molecule is CCC1CCC(NCc2cccc3c2OCO3)C1C. The first-order valence-corrected chi connectivity index (χ1v) is 7.40. The molecule has 0 spiro atoms. The summed E-state index contributed by atoms with van der Waals surface area (Å²) in [6.07, 6.45) is 3.96. The predicted octanol–water partition coefficient (Wildman–Crippen LogP) is 3.33. The maximum absolute atomic E-state index is 5.55. The monoisotopic (exact) mass is 261 g/mol. The number of hydrogen-bond acceptors (Lipinski definition) is 3. The van der Waals surface area contributed by atoms with E-state index in [0.29, 0.717) is 12.8 Å². The maximum atomic E-state index is 5.55. The summed E-state index contributed by atoms with van der Waals surface area (Å²) in [5.74, 6) is 3.47. The largest absolute Gasteiger partial charge is 0.454 e. The van der Waals surface area contributed by atoms with Crippen LogP contribution in [0, 0.1) is 11.8 Å². The van der Waals surface area contributed by atoms with Crippen LogP contribution in [-0.2, 0) is 6.54 Å². The average Bonchev–Trinajstić information content (AvgIpc) is 3.03. The van der Waals surface area contributed by atoms with Gasteiger partial charge in [-0.2, -0.15) is 0 Å². The fraction of sp³-hybridized carbons (Fsp3) is 0.625. The molecule has 3 nitrogen and oxygen atoms in total. The van der Waals surface area contributed by atoms with Gasteiger partial charge in [-0.15, -0.1) is 0 Å². The Morgan fingerprint density at radius 2 is 2.16 bits per heavy atom. The van der Waals surface area contributed by atoms with Crippen LogP contribution in [0.5, 0.6) is 11.5 Å². The Hall–Kier alpha value is -1.22. The van der Waals surface area contributed by atoms with Crippen LogP contribution in [0.2, 0.25) is 0 Å². The first-order valence-electron chi connectivity index (χ1n) is 7.40. The summed E-state index contributed by atoms with van der Waals surface area (Å²) in [7, 11) is 0. The molecule has 3 rings (SSSR count). The Kier molecular flexibility index (Phi) is 3.65. The van der Waals surface area contributed by atoms with Gasteiger partial charge in [0.1, 0.15) is 0 Å². The highest BCUT2D eigenvalue weighted by Gasteiger charge is 2.31. The van der Waals surface area contributed by atoms with E-state index in [1.54, 1.807) is 0 Å². The predicted molar refractivity (Wildman–Crippen MR) is 75.4 cm³/mol. The minimum atomic E-state index is 0.351. The van der Waals surface area contributed by atoms with Gasteiger partial charge in [0.05, 0.1) is 0 Å². The standard InChI is InChI=1S/C16H23NO2/c1-3-12-7-8-14(11(12)2)17-9-13-5-4-6-15-16(13)19-10-18-15/h4-6,11-12,14,17H,3,7-10H2,1-2H3. The second kappa shape index (κ2) is 5.41. The summed E-state index contributed by atoms with van der Waals surface area (Å²) in [6, 6.07) is 6.77. The summed E-state index contributed by atoms with van der Waals surface area (Å²) in [5.41, 5.74) is 1.21. The van der Waals surface area contributed by atoms with Crippen molar-refractivity contribution in [3.05, 3.63) is 23.8 Å². The zero-order valence-electron chi connectivity index (χ0n) is 11.8. The molecule has 0 aromatic heterocycles. The second-order valence-corrected chi connectivity index (χ2v) is 5.74. The molecule has 1 aliphatic carbocycles. The maximum Gasteiger partial charge on any atom is 0.231 e. The van der Waals surface area contributed by atoms with Crippen LogP contribution in [0.25, 0.3) is 0 Å². The lowest BCUT2D eigenvalue weighted by atomic mass is 9.93. The molecule has 1 heterocycles. The molecule has 1 saturated carbocycles. The molecule has 1 aromatic rings. The van der Waals surface area contributed by atoms with Crippen LogP contribution in [0.1, 0.15) is 38.7 Å². The Labute approximate surface area is 115 Å². The van der Waals surface area contributed by atoms with E-state index in [-0.39, 0.29) is 0 Å². The van der Waals surface area contributed by atoms with Crippen molar-refractivity contribution in [3.8, 4) is 11.5 Å². The molecule has 19 heavy (non-hydrogen) atoms. The molecule has 1 aliphatic heterocycles. The van der Waals surface area contributed by atoms with Gasteiger partial charge in [0.15, 0.2) is 11.5 Å². The molecular weight excluding hydrogens is 238 g/mol. The van der Waals surface area contributed by atoms with Gasteiger partial charge in [0.2, 0.25) is 6.79 Å². The van der Waals surface area contributed by atoms with Crippen LogP contribution in [0.4, 0.5) is 0 Å². The van der Waals surface area contributed by atoms with E-state index in [0.717, 1.165) is 29.9 Å². The van der Waals surface area contributed by atoms with Crippen molar-refractivity contribution in [1.29, 1.82) is 0 Å². The van der Waals surface area contributed by atoms with E-state index in [2.05, 4.69) is 25.2 Å². The Bertz CT molecular complexity index is 446. The van der Waals surface area contributed by atoms with Crippen LogP contribution >= 0.6 is 0 Å². The Morgan fingerprint density at radius 3 is 2.95 bits per heavy atom. The molecular formula is C16H23NO2. The van der Waals surface area contributed by atoms with Crippen molar-refractivity contribution in [3.63, 3.8) is 0 Å². The lowest BCUT2D eigenvalue weighted by Gasteiger charge is -2.21. The quantitative estimate of drug-likeness (QED) is 0.901. The van der Waals surface area contributed by atoms with E-state index >= 15 is 0 Å². The first kappa shape index (κ1) is 12.8. The Morgan fingerprint density at radius 1 is 1.26 bits per heavy atom. The van der Waals surface area contributed by atoms with Crippen molar-refractivity contribution >= 4 is 0 Å². The third-order valence-corrected chi connectivity index (χ3v) is 4.78. The summed E-state index contributed by atoms with van der Waals surface area (Å²) < 4.78 is 11.0. The highest BCUT2D eigenvalue weighted by molar-refractivity contribution is 5.48. The van der Waals surface area contributed by atoms with Gasteiger partial charge >= 0.3 is 0 Å². The van der Waals surface area contributed by atoms with Gasteiger partial charge in [-0.1, -0.05) is 32.4 Å². The van der Waals surface area contributed by atoms with Crippen molar-refractivity contribution in [2.24, 2.45) is 11.8 Å². The van der Waals surface area contributed by atoms with Gasteiger partial charge in [0, 0.05) is 18.2 Å². The highest BCUT2D eigenvalue weighted by Crippen LogP contribution is 2.37. The lowest BCUT2D eigenvalue weighted by Crippen LogP contribution is -2.32. The fourth-order valence-corrected chi connectivity index (χ4v) is 3.48. The highest BCUT2D eigenvalue weighted by atomic mass is 16.7. The number of rotatable bonds is 4. The van der Waals surface area contributed by atoms with Crippen LogP contribution in [0.3, 0.4) is 0 Å². The molecule has 1 aromatic carbocycles. The van der Waals surface area contributed by atoms with E-state index in [4.69, 9.17) is 9.47 Å². The number of fused-ring (bicyclic) bond motifs is 1. The summed E-state index contributed by atoms with van der Waals surface area (Å²) in [6.45, 7) is 5.91. The summed E-state index contributed by atoms with van der Waals surface area (Å²) >= 11 is 0. The van der Waals surface area contributed by atoms with E-state index in [9.17, 15) is 0 Å². The fourth-order valence-electron chi connectivity index (χ4n) is 3.48. The third-order valence-electron chi connectivity index (χ3n) is 4.78. The zero-order chi connectivity index (χ0) is 13.2. The number of para-hydroxylation sites is 1. The summed E-state index contributed by atoms with van der Waals surface area (Å²) in [4.78, 5) is 0. The van der Waals surface area contributed by atoms with Crippen LogP contribution in [-0.4, -0.2) is 12.8 Å². The van der Waals surface area contributed by atoms with Crippen LogP contribution < -0.4 is 14.8 Å². The molecule has 3 atom stereocenters. The van der Waals surface area contributed by atoms with E-state index in [1.165, 1.54) is 24.8 Å². The van der Waals surface area contributed by atoms with Gasteiger partial charge in [-0.05, 0) is 30.7 Å². The molecule has 1 fully saturated rings. The van der Waals surface area contributed by atoms with Gasteiger partial charge in [-0.3, -0.25) is 0 Å². The zero-order valence-corrected chi connectivity index (χ0v) is 11.8. The lowest BCUT2D eigenvalue weighted by molar-refractivity contribution is 0.173. The topological polar surface area (TPSA) is 30.5 Å². The van der Waals surface area contributed by atoms with Crippen molar-refractivity contribution < 1.29 is 9.47 Å². The number of hydrogen-bond donors (Lipinski definition) is 1. The van der Waals surface area contributed by atoms with Gasteiger partial charge in [0.25, 0.3) is 0 Å². The first-order chi connectivity index (χ1) is 9.29. The van der Waals surface area contributed by atoms with E-state index < -0.39 is 0 Å². The molecule has 2 aliphatic rings. The van der Waals surface area contributed by atoms with Gasteiger partial charge in [-0.25, -0.2) is 0 Å². The van der Waals surface area contributed by atoms with Crippen LogP contribution in [0.15, 0.2) is 18.2 Å². The minimum Gasteiger partial charge on any atom is -0.454 e. The van der Waals surface area contributed by atoms with E-state index in [1.807, 2.05) is 12.1 Å². The smallest absolute Gasteiger partial charge is 0.231 e. The second-order valence-electron chi connectivity index (χ2n) is 5.74. The van der Waals surface area contributed by atoms with Gasteiger partial charge < -0.3 is 14.8 Å². The molecule has 0 radical (unpaired) electrons. The normalized spacial score (nSPS) is 28.8. The minimum absolute atomic E-state index is 0.351. The molecule has 1 N–H and O–H groups in total. The molecule has 0 amide bonds. The average molecular weight is 261 g/mol. The van der Waals surface area contributed by atoms with Crippen molar-refractivity contribution in [1.82, 2.24) is 5.32 Å². The summed E-state index contributed by atoms with van der Waals surface area (Å²) in [5, 5.41) is 3.71. The number of nitrogens with one attached hydrogen (secondary N) is 1. The molecule has 0 bridgehead atoms. The third kappa shape index (κ3) is 2.44. The molecule has 3 heteroatoms. The van der Waals surface area contributed by atoms with Crippen molar-refractivity contribution in [2.45, 2.75) is 45.7 Å². The number of ether oxygens (including phenoxy) is 2. The molecule has 0 saturated heterocycles. The Balaban J connectivity index is 1.63.